The summed E-state index contributed by atoms with van der Waals surface area (Å²) in [5.74, 6) is 0.0884. The minimum atomic E-state index is -0.0287. The second kappa shape index (κ2) is 7.85. The van der Waals surface area contributed by atoms with Crippen LogP contribution in [0.1, 0.15) is 37.7 Å². The molecule has 3 heteroatoms. The Kier molecular flexibility index (Phi) is 6.33. The van der Waals surface area contributed by atoms with Crippen LogP contribution in [0.3, 0.4) is 0 Å². The summed E-state index contributed by atoms with van der Waals surface area (Å²) < 4.78 is 0. The monoisotopic (exact) mass is 234 g/mol. The molecule has 0 aliphatic heterocycles. The first kappa shape index (κ1) is 13.7. The van der Waals surface area contributed by atoms with Gasteiger partial charge in [-0.3, -0.25) is 4.79 Å². The molecule has 3 nitrogen and oxygen atoms in total. The highest BCUT2D eigenvalue weighted by Gasteiger charge is 2.18. The van der Waals surface area contributed by atoms with Crippen LogP contribution in [0.4, 0.5) is 0 Å². The third-order valence-corrected chi connectivity index (χ3v) is 2.78. The van der Waals surface area contributed by atoms with Crippen LogP contribution < -0.4 is 11.1 Å². The number of hydrogen-bond acceptors (Lipinski definition) is 2. The first-order valence-electron chi connectivity index (χ1n) is 6.32. The van der Waals surface area contributed by atoms with Crippen molar-refractivity contribution in [2.24, 2.45) is 5.73 Å². The number of nitrogens with two attached hydrogens (primary N) is 1. The van der Waals surface area contributed by atoms with Crippen LogP contribution in [-0.2, 0) is 4.79 Å². The zero-order chi connectivity index (χ0) is 12.5. The van der Waals surface area contributed by atoms with E-state index < -0.39 is 0 Å². The molecule has 94 valence electrons. The number of amides is 1. The van der Waals surface area contributed by atoms with E-state index >= 15 is 0 Å². The summed E-state index contributed by atoms with van der Waals surface area (Å²) >= 11 is 0. The Bertz CT molecular complexity index is 324. The van der Waals surface area contributed by atoms with Crippen LogP contribution in [-0.4, -0.2) is 19.0 Å². The van der Waals surface area contributed by atoms with Crippen molar-refractivity contribution in [1.82, 2.24) is 5.32 Å². The molecule has 0 bridgehead atoms. The molecular formula is C14H22N2O. The fraction of sp³-hybridized carbons (Fsp3) is 0.500. The molecule has 1 aromatic rings. The van der Waals surface area contributed by atoms with Gasteiger partial charge in [-0.05, 0) is 24.9 Å². The first-order valence-corrected chi connectivity index (χ1v) is 6.32. The topological polar surface area (TPSA) is 55.1 Å². The Morgan fingerprint density at radius 3 is 2.65 bits per heavy atom. The highest BCUT2D eigenvalue weighted by molar-refractivity contribution is 5.83. The number of rotatable bonds is 7. The zero-order valence-electron chi connectivity index (χ0n) is 10.5. The van der Waals surface area contributed by atoms with Crippen molar-refractivity contribution in [3.8, 4) is 0 Å². The van der Waals surface area contributed by atoms with Crippen LogP contribution in [0.2, 0.25) is 0 Å². The van der Waals surface area contributed by atoms with Gasteiger partial charge in [0, 0.05) is 6.54 Å². The maximum absolute atomic E-state index is 12.1. The summed E-state index contributed by atoms with van der Waals surface area (Å²) in [6.45, 7) is 3.38. The fourth-order valence-electron chi connectivity index (χ4n) is 1.86. The lowest BCUT2D eigenvalue weighted by Crippen LogP contribution is -2.31. The molecule has 0 aromatic heterocycles. The van der Waals surface area contributed by atoms with Crippen molar-refractivity contribution >= 4 is 5.91 Å². The third-order valence-electron chi connectivity index (χ3n) is 2.78. The van der Waals surface area contributed by atoms with Crippen LogP contribution >= 0.6 is 0 Å². The van der Waals surface area contributed by atoms with Gasteiger partial charge in [-0.1, -0.05) is 43.7 Å². The number of carbonyl (C=O) groups excluding carboxylic acids is 1. The molecule has 1 amide bonds. The smallest absolute Gasteiger partial charge is 0.227 e. The Balaban J connectivity index is 2.62. The summed E-state index contributed by atoms with van der Waals surface area (Å²) in [5.41, 5.74) is 6.51. The average Bonchev–Trinajstić information content (AvgIpc) is 2.37. The Hall–Kier alpha value is -1.35. The van der Waals surface area contributed by atoms with Crippen LogP contribution in [0.15, 0.2) is 30.3 Å². The fourth-order valence-corrected chi connectivity index (χ4v) is 1.86. The van der Waals surface area contributed by atoms with E-state index in [0.29, 0.717) is 13.1 Å². The Morgan fingerprint density at radius 1 is 1.35 bits per heavy atom. The van der Waals surface area contributed by atoms with Crippen molar-refractivity contribution in [2.75, 3.05) is 13.1 Å². The molecule has 0 aliphatic carbocycles. The number of nitrogens with one attached hydrogen (secondary N) is 1. The molecule has 1 aromatic carbocycles. The minimum absolute atomic E-state index is 0.0287. The van der Waals surface area contributed by atoms with E-state index in [-0.39, 0.29) is 11.8 Å². The first-order chi connectivity index (χ1) is 8.29. The van der Waals surface area contributed by atoms with Crippen LogP contribution in [0.25, 0.3) is 0 Å². The van der Waals surface area contributed by atoms with E-state index in [0.717, 1.165) is 24.8 Å². The number of carbonyl (C=O) groups is 1. The van der Waals surface area contributed by atoms with Gasteiger partial charge in [0.15, 0.2) is 0 Å². The molecule has 0 saturated heterocycles. The Morgan fingerprint density at radius 2 is 2.06 bits per heavy atom. The van der Waals surface area contributed by atoms with Gasteiger partial charge in [0.2, 0.25) is 5.91 Å². The number of benzene rings is 1. The van der Waals surface area contributed by atoms with Gasteiger partial charge in [-0.25, -0.2) is 0 Å². The molecule has 1 atom stereocenters. The molecule has 0 saturated carbocycles. The summed E-state index contributed by atoms with van der Waals surface area (Å²) in [6.07, 6.45) is 2.72. The maximum Gasteiger partial charge on any atom is 0.227 e. The highest BCUT2D eigenvalue weighted by Crippen LogP contribution is 2.21. The van der Waals surface area contributed by atoms with Gasteiger partial charge < -0.3 is 11.1 Å². The zero-order valence-corrected chi connectivity index (χ0v) is 10.5. The summed E-state index contributed by atoms with van der Waals surface area (Å²) in [5, 5.41) is 2.95. The van der Waals surface area contributed by atoms with E-state index in [1.807, 2.05) is 30.3 Å². The molecule has 1 rings (SSSR count). The van der Waals surface area contributed by atoms with E-state index in [9.17, 15) is 4.79 Å². The average molecular weight is 234 g/mol. The molecule has 0 fully saturated rings. The lowest BCUT2D eigenvalue weighted by Gasteiger charge is -2.16. The quantitative estimate of drug-likeness (QED) is 0.709. The largest absolute Gasteiger partial charge is 0.356 e. The minimum Gasteiger partial charge on any atom is -0.356 e. The standard InChI is InChI=1S/C14H22N2O/c1-2-7-13(12-8-4-3-5-9-12)14(17)16-11-6-10-15/h3-5,8-9,13H,2,6-7,10-11,15H2,1H3,(H,16,17). The predicted molar refractivity (Wildman–Crippen MR) is 70.8 cm³/mol. The summed E-state index contributed by atoms with van der Waals surface area (Å²) in [4.78, 5) is 12.1. The normalized spacial score (nSPS) is 12.1. The molecular weight excluding hydrogens is 212 g/mol. The summed E-state index contributed by atoms with van der Waals surface area (Å²) in [6, 6.07) is 9.96. The predicted octanol–water partition coefficient (Wildman–Crippen LogP) is 2.04. The second-order valence-corrected chi connectivity index (χ2v) is 4.19. The number of hydrogen-bond donors (Lipinski definition) is 2. The van der Waals surface area contributed by atoms with Gasteiger partial charge >= 0.3 is 0 Å². The lowest BCUT2D eigenvalue weighted by molar-refractivity contribution is -0.122. The maximum atomic E-state index is 12.1. The van der Waals surface area contributed by atoms with Gasteiger partial charge in [0.05, 0.1) is 5.92 Å². The molecule has 17 heavy (non-hydrogen) atoms. The van der Waals surface area contributed by atoms with Gasteiger partial charge in [0.1, 0.15) is 0 Å². The SMILES string of the molecule is CCCC(C(=O)NCCCN)c1ccccc1. The van der Waals surface area contributed by atoms with Crippen molar-refractivity contribution in [1.29, 1.82) is 0 Å². The van der Waals surface area contributed by atoms with Crippen molar-refractivity contribution in [2.45, 2.75) is 32.1 Å². The molecule has 0 radical (unpaired) electrons. The molecule has 3 N–H and O–H groups in total. The van der Waals surface area contributed by atoms with Gasteiger partial charge in [-0.15, -0.1) is 0 Å². The lowest BCUT2D eigenvalue weighted by atomic mass is 9.93. The van der Waals surface area contributed by atoms with E-state index in [1.54, 1.807) is 0 Å². The molecule has 0 aliphatic rings. The van der Waals surface area contributed by atoms with Crippen molar-refractivity contribution < 1.29 is 4.79 Å². The van der Waals surface area contributed by atoms with E-state index in [2.05, 4.69) is 12.2 Å². The van der Waals surface area contributed by atoms with E-state index in [4.69, 9.17) is 5.73 Å². The second-order valence-electron chi connectivity index (χ2n) is 4.19. The molecule has 0 heterocycles. The van der Waals surface area contributed by atoms with Crippen molar-refractivity contribution in [3.63, 3.8) is 0 Å². The third kappa shape index (κ3) is 4.57. The summed E-state index contributed by atoms with van der Waals surface area (Å²) in [7, 11) is 0. The van der Waals surface area contributed by atoms with Gasteiger partial charge in [0.25, 0.3) is 0 Å². The molecule has 0 spiro atoms. The van der Waals surface area contributed by atoms with Crippen LogP contribution in [0.5, 0.6) is 0 Å². The van der Waals surface area contributed by atoms with E-state index in [1.165, 1.54) is 0 Å². The molecule has 1 unspecified atom stereocenters. The Labute approximate surface area is 103 Å². The van der Waals surface area contributed by atoms with Crippen molar-refractivity contribution in [3.05, 3.63) is 35.9 Å². The van der Waals surface area contributed by atoms with Crippen LogP contribution in [0, 0.1) is 0 Å². The van der Waals surface area contributed by atoms with Gasteiger partial charge in [-0.2, -0.15) is 0 Å². The highest BCUT2D eigenvalue weighted by atomic mass is 16.1.